The maximum atomic E-state index is 12.2. The van der Waals surface area contributed by atoms with Crippen molar-refractivity contribution in [1.82, 2.24) is 20.8 Å². The zero-order valence-corrected chi connectivity index (χ0v) is 11.5. The van der Waals surface area contributed by atoms with E-state index in [0.29, 0.717) is 5.56 Å². The molecule has 0 radical (unpaired) electrons. The summed E-state index contributed by atoms with van der Waals surface area (Å²) in [6.07, 6.45) is 4.53. The van der Waals surface area contributed by atoms with Gasteiger partial charge in [-0.15, -0.1) is 0 Å². The number of amides is 2. The summed E-state index contributed by atoms with van der Waals surface area (Å²) in [6.45, 7) is 0. The molecular formula is C16H12N4O2. The van der Waals surface area contributed by atoms with E-state index in [0.717, 1.165) is 10.8 Å². The van der Waals surface area contributed by atoms with Crippen LogP contribution in [-0.4, -0.2) is 21.8 Å². The van der Waals surface area contributed by atoms with E-state index in [4.69, 9.17) is 0 Å². The molecular weight excluding hydrogens is 280 g/mol. The van der Waals surface area contributed by atoms with Gasteiger partial charge in [-0.1, -0.05) is 24.3 Å². The van der Waals surface area contributed by atoms with Gasteiger partial charge in [-0.3, -0.25) is 30.4 Å². The predicted octanol–water partition coefficient (Wildman–Crippen LogP) is 1.70. The maximum Gasteiger partial charge on any atom is 0.288 e. The van der Waals surface area contributed by atoms with Crippen LogP contribution in [0.25, 0.3) is 10.8 Å². The standard InChI is InChI=1S/C16H12N4O2/c21-15(12-5-3-8-17-10-12)19-20-16(22)14-13-6-2-1-4-11(13)7-9-18-14/h1-10H,(H,19,21)(H,20,22). The number of nitrogens with one attached hydrogen (secondary N) is 2. The molecule has 1 aromatic carbocycles. The highest BCUT2D eigenvalue weighted by molar-refractivity contribution is 6.06. The molecule has 6 nitrogen and oxygen atoms in total. The molecule has 0 aliphatic heterocycles. The fraction of sp³-hybridized carbons (Fsp3) is 0. The van der Waals surface area contributed by atoms with Crippen LogP contribution in [0.2, 0.25) is 0 Å². The normalized spacial score (nSPS) is 10.2. The van der Waals surface area contributed by atoms with Gasteiger partial charge in [0.1, 0.15) is 5.69 Å². The van der Waals surface area contributed by atoms with Gasteiger partial charge >= 0.3 is 0 Å². The predicted molar refractivity (Wildman–Crippen MR) is 80.9 cm³/mol. The Morgan fingerprint density at radius 3 is 2.50 bits per heavy atom. The monoisotopic (exact) mass is 292 g/mol. The number of rotatable bonds is 2. The number of hydrogen-bond acceptors (Lipinski definition) is 4. The number of hydrogen-bond donors (Lipinski definition) is 2. The number of aromatic nitrogens is 2. The molecule has 0 bridgehead atoms. The Labute approximate surface area is 126 Å². The second kappa shape index (κ2) is 6.01. The van der Waals surface area contributed by atoms with Crippen molar-refractivity contribution >= 4 is 22.6 Å². The van der Waals surface area contributed by atoms with Gasteiger partial charge in [0.25, 0.3) is 11.8 Å². The molecule has 0 aliphatic rings. The fourth-order valence-corrected chi connectivity index (χ4v) is 2.04. The van der Waals surface area contributed by atoms with E-state index in [1.54, 1.807) is 30.6 Å². The number of nitrogens with zero attached hydrogens (tertiary/aromatic N) is 2. The lowest BCUT2D eigenvalue weighted by molar-refractivity contribution is 0.0845. The number of pyridine rings is 2. The number of hydrazine groups is 1. The van der Waals surface area contributed by atoms with Gasteiger partial charge in [0.05, 0.1) is 5.56 Å². The third-order valence-electron chi connectivity index (χ3n) is 3.10. The summed E-state index contributed by atoms with van der Waals surface area (Å²) in [5.74, 6) is -0.921. The molecule has 0 saturated carbocycles. The summed E-state index contributed by atoms with van der Waals surface area (Å²) in [5.41, 5.74) is 5.31. The lowest BCUT2D eigenvalue weighted by Crippen LogP contribution is -2.42. The molecule has 2 N–H and O–H groups in total. The first-order chi connectivity index (χ1) is 10.8. The Morgan fingerprint density at radius 2 is 1.68 bits per heavy atom. The Morgan fingerprint density at radius 1 is 0.864 bits per heavy atom. The number of fused-ring (bicyclic) bond motifs is 1. The Kier molecular flexibility index (Phi) is 3.74. The lowest BCUT2D eigenvalue weighted by Gasteiger charge is -2.08. The van der Waals surface area contributed by atoms with Crippen LogP contribution in [0.3, 0.4) is 0 Å². The van der Waals surface area contributed by atoms with E-state index in [-0.39, 0.29) is 5.69 Å². The van der Waals surface area contributed by atoms with Crippen molar-refractivity contribution in [3.8, 4) is 0 Å². The van der Waals surface area contributed by atoms with Gasteiger partial charge in [-0.2, -0.15) is 0 Å². The van der Waals surface area contributed by atoms with Gasteiger partial charge in [0.15, 0.2) is 0 Å². The van der Waals surface area contributed by atoms with Crippen LogP contribution in [0, 0.1) is 0 Å². The van der Waals surface area contributed by atoms with E-state index in [1.165, 1.54) is 6.20 Å². The van der Waals surface area contributed by atoms with Crippen molar-refractivity contribution in [1.29, 1.82) is 0 Å². The van der Waals surface area contributed by atoms with Crippen molar-refractivity contribution in [2.75, 3.05) is 0 Å². The van der Waals surface area contributed by atoms with E-state index in [1.807, 2.05) is 24.3 Å². The maximum absolute atomic E-state index is 12.2. The number of carbonyl (C=O) groups excluding carboxylic acids is 2. The summed E-state index contributed by atoms with van der Waals surface area (Å²) in [4.78, 5) is 32.0. The highest BCUT2D eigenvalue weighted by Crippen LogP contribution is 2.15. The zero-order valence-electron chi connectivity index (χ0n) is 11.5. The van der Waals surface area contributed by atoms with Crippen LogP contribution in [0.15, 0.2) is 61.1 Å². The summed E-state index contributed by atoms with van der Waals surface area (Å²) in [5, 5.41) is 1.62. The Balaban J connectivity index is 1.76. The molecule has 0 aliphatic carbocycles. The molecule has 0 fully saturated rings. The molecule has 2 heterocycles. The summed E-state index contributed by atoms with van der Waals surface area (Å²) in [6, 6.07) is 12.5. The molecule has 0 spiro atoms. The van der Waals surface area contributed by atoms with E-state index < -0.39 is 11.8 Å². The molecule has 2 amide bonds. The van der Waals surface area contributed by atoms with Crippen molar-refractivity contribution in [3.05, 3.63) is 72.3 Å². The van der Waals surface area contributed by atoms with Crippen molar-refractivity contribution in [2.24, 2.45) is 0 Å². The Hall–Kier alpha value is -3.28. The highest BCUT2D eigenvalue weighted by Gasteiger charge is 2.12. The van der Waals surface area contributed by atoms with Crippen molar-refractivity contribution in [3.63, 3.8) is 0 Å². The average Bonchev–Trinajstić information content (AvgIpc) is 2.59. The molecule has 6 heteroatoms. The van der Waals surface area contributed by atoms with Gasteiger partial charge in [-0.25, -0.2) is 0 Å². The molecule has 2 aromatic heterocycles. The van der Waals surface area contributed by atoms with Crippen LogP contribution in [-0.2, 0) is 0 Å². The fourth-order valence-electron chi connectivity index (χ4n) is 2.04. The van der Waals surface area contributed by atoms with Gasteiger partial charge in [0, 0.05) is 24.0 Å². The Bertz CT molecular complexity index is 828. The van der Waals surface area contributed by atoms with Crippen molar-refractivity contribution < 1.29 is 9.59 Å². The molecule has 3 rings (SSSR count). The SMILES string of the molecule is O=C(NNC(=O)c1nccc2ccccc12)c1cccnc1. The second-order valence-corrected chi connectivity index (χ2v) is 4.53. The summed E-state index contributed by atoms with van der Waals surface area (Å²) < 4.78 is 0. The molecule has 3 aromatic rings. The average molecular weight is 292 g/mol. The van der Waals surface area contributed by atoms with Gasteiger partial charge in [0.2, 0.25) is 0 Å². The van der Waals surface area contributed by atoms with E-state index in [2.05, 4.69) is 20.8 Å². The minimum atomic E-state index is -0.478. The van der Waals surface area contributed by atoms with Crippen LogP contribution in [0.1, 0.15) is 20.8 Å². The molecule has 0 unspecified atom stereocenters. The lowest BCUT2D eigenvalue weighted by atomic mass is 10.1. The highest BCUT2D eigenvalue weighted by atomic mass is 16.2. The minimum Gasteiger partial charge on any atom is -0.267 e. The van der Waals surface area contributed by atoms with Crippen LogP contribution in [0.5, 0.6) is 0 Å². The summed E-state index contributed by atoms with van der Waals surface area (Å²) >= 11 is 0. The third-order valence-corrected chi connectivity index (χ3v) is 3.10. The summed E-state index contributed by atoms with van der Waals surface area (Å²) in [7, 11) is 0. The molecule has 108 valence electrons. The second-order valence-electron chi connectivity index (χ2n) is 4.53. The minimum absolute atomic E-state index is 0.254. The first-order valence-corrected chi connectivity index (χ1v) is 6.60. The quantitative estimate of drug-likeness (QED) is 0.704. The third kappa shape index (κ3) is 2.76. The van der Waals surface area contributed by atoms with Crippen molar-refractivity contribution in [2.45, 2.75) is 0 Å². The molecule has 22 heavy (non-hydrogen) atoms. The smallest absolute Gasteiger partial charge is 0.267 e. The van der Waals surface area contributed by atoms with Gasteiger partial charge < -0.3 is 0 Å². The van der Waals surface area contributed by atoms with Crippen LogP contribution in [0.4, 0.5) is 0 Å². The topological polar surface area (TPSA) is 84.0 Å². The van der Waals surface area contributed by atoms with E-state index in [9.17, 15) is 9.59 Å². The van der Waals surface area contributed by atoms with Crippen LogP contribution < -0.4 is 10.9 Å². The van der Waals surface area contributed by atoms with E-state index >= 15 is 0 Å². The zero-order chi connectivity index (χ0) is 15.4. The largest absolute Gasteiger partial charge is 0.288 e. The van der Waals surface area contributed by atoms with Crippen LogP contribution >= 0.6 is 0 Å². The van der Waals surface area contributed by atoms with Gasteiger partial charge in [-0.05, 0) is 23.6 Å². The molecule has 0 saturated heterocycles. The first kappa shape index (κ1) is 13.7. The molecule has 0 atom stereocenters. The first-order valence-electron chi connectivity index (χ1n) is 6.60. The number of benzene rings is 1. The number of carbonyl (C=O) groups is 2.